The number of halogens is 3. The van der Waals surface area contributed by atoms with Gasteiger partial charge in [-0.1, -0.05) is 17.7 Å². The van der Waals surface area contributed by atoms with Crippen molar-refractivity contribution >= 4 is 34.6 Å². The average Bonchev–Trinajstić information content (AvgIpc) is 2.78. The summed E-state index contributed by atoms with van der Waals surface area (Å²) in [6.07, 6.45) is 1.53. The van der Waals surface area contributed by atoms with Crippen LogP contribution in [0.3, 0.4) is 0 Å². The molecule has 0 amide bonds. The second kappa shape index (κ2) is 7.56. The lowest BCUT2D eigenvalue weighted by atomic mass is 10.2. The summed E-state index contributed by atoms with van der Waals surface area (Å²) in [6.45, 7) is -0.784. The SMILES string of the molecule is Cc1ccc(NC(=S)NCc2c(Cl)cnn2C)c(OC(F)F)c1. The first-order chi connectivity index (χ1) is 10.9. The molecule has 0 fully saturated rings. The Labute approximate surface area is 142 Å². The van der Waals surface area contributed by atoms with Crippen molar-refractivity contribution in [1.82, 2.24) is 15.1 Å². The molecule has 23 heavy (non-hydrogen) atoms. The molecule has 0 aliphatic carbocycles. The molecule has 1 heterocycles. The fourth-order valence-electron chi connectivity index (χ4n) is 1.89. The van der Waals surface area contributed by atoms with E-state index in [1.807, 2.05) is 0 Å². The Hall–Kier alpha value is -1.93. The normalized spacial score (nSPS) is 10.7. The molecule has 0 unspecified atom stereocenters. The van der Waals surface area contributed by atoms with Gasteiger partial charge in [0.05, 0.1) is 29.1 Å². The van der Waals surface area contributed by atoms with E-state index in [-0.39, 0.29) is 10.9 Å². The number of benzene rings is 1. The van der Waals surface area contributed by atoms with Crippen molar-refractivity contribution in [2.45, 2.75) is 20.1 Å². The van der Waals surface area contributed by atoms with Gasteiger partial charge >= 0.3 is 6.61 Å². The minimum atomic E-state index is -2.91. The lowest BCUT2D eigenvalue weighted by Gasteiger charge is -2.15. The van der Waals surface area contributed by atoms with Crippen LogP contribution in [0.4, 0.5) is 14.5 Å². The highest BCUT2D eigenvalue weighted by molar-refractivity contribution is 7.80. The molecular formula is C14H15ClF2N4OS. The molecule has 0 saturated heterocycles. The Morgan fingerprint density at radius 2 is 2.22 bits per heavy atom. The van der Waals surface area contributed by atoms with E-state index in [4.69, 9.17) is 23.8 Å². The van der Waals surface area contributed by atoms with Gasteiger partial charge in [0.15, 0.2) is 5.11 Å². The van der Waals surface area contributed by atoms with Gasteiger partial charge in [-0.2, -0.15) is 13.9 Å². The van der Waals surface area contributed by atoms with Crippen molar-refractivity contribution in [1.29, 1.82) is 0 Å². The van der Waals surface area contributed by atoms with Crippen LogP contribution in [0, 0.1) is 6.92 Å². The largest absolute Gasteiger partial charge is 0.433 e. The molecule has 2 rings (SSSR count). The number of ether oxygens (including phenoxy) is 1. The topological polar surface area (TPSA) is 51.1 Å². The second-order valence-electron chi connectivity index (χ2n) is 4.75. The first-order valence-electron chi connectivity index (χ1n) is 6.63. The number of hydrogen-bond acceptors (Lipinski definition) is 3. The molecule has 0 bridgehead atoms. The van der Waals surface area contributed by atoms with E-state index < -0.39 is 6.61 Å². The molecule has 1 aromatic carbocycles. The molecule has 0 saturated carbocycles. The van der Waals surface area contributed by atoms with Gasteiger partial charge in [-0.15, -0.1) is 0 Å². The quantitative estimate of drug-likeness (QED) is 0.800. The second-order valence-corrected chi connectivity index (χ2v) is 5.56. The molecule has 5 nitrogen and oxygen atoms in total. The number of aryl methyl sites for hydroxylation is 2. The first-order valence-corrected chi connectivity index (χ1v) is 7.42. The van der Waals surface area contributed by atoms with Gasteiger partial charge in [0.2, 0.25) is 0 Å². The summed E-state index contributed by atoms with van der Waals surface area (Å²) in [7, 11) is 1.76. The van der Waals surface area contributed by atoms with E-state index in [1.165, 1.54) is 12.3 Å². The number of nitrogens with zero attached hydrogens (tertiary/aromatic N) is 2. The van der Waals surface area contributed by atoms with Crippen molar-refractivity contribution in [3.8, 4) is 5.75 Å². The first kappa shape index (κ1) is 17.4. The van der Waals surface area contributed by atoms with Crippen LogP contribution in [0.5, 0.6) is 5.75 Å². The Morgan fingerprint density at radius 3 is 2.83 bits per heavy atom. The van der Waals surface area contributed by atoms with Gasteiger partial charge in [-0.05, 0) is 36.8 Å². The minimum Gasteiger partial charge on any atom is -0.433 e. The Kier molecular flexibility index (Phi) is 5.73. The molecular weight excluding hydrogens is 346 g/mol. The number of aromatic nitrogens is 2. The van der Waals surface area contributed by atoms with Gasteiger partial charge in [-0.25, -0.2) is 0 Å². The summed E-state index contributed by atoms with van der Waals surface area (Å²) in [5.74, 6) is 0.0303. The molecule has 2 aromatic rings. The van der Waals surface area contributed by atoms with Crippen molar-refractivity contribution < 1.29 is 13.5 Å². The molecule has 0 atom stereocenters. The van der Waals surface area contributed by atoms with Crippen molar-refractivity contribution in [2.75, 3.05) is 5.32 Å². The van der Waals surface area contributed by atoms with E-state index in [9.17, 15) is 8.78 Å². The number of thiocarbonyl (C=S) groups is 1. The highest BCUT2D eigenvalue weighted by Crippen LogP contribution is 2.27. The van der Waals surface area contributed by atoms with E-state index >= 15 is 0 Å². The number of nitrogens with one attached hydrogen (secondary N) is 2. The fraction of sp³-hybridized carbons (Fsp3) is 0.286. The lowest BCUT2D eigenvalue weighted by molar-refractivity contribution is -0.0493. The molecule has 9 heteroatoms. The van der Waals surface area contributed by atoms with Gasteiger partial charge in [0.1, 0.15) is 5.75 Å². The zero-order valence-electron chi connectivity index (χ0n) is 12.4. The Bertz CT molecular complexity index is 689. The summed E-state index contributed by atoms with van der Waals surface area (Å²) in [5, 5.41) is 10.6. The lowest BCUT2D eigenvalue weighted by Crippen LogP contribution is -2.29. The molecule has 124 valence electrons. The van der Waals surface area contributed by atoms with Crippen molar-refractivity contribution in [2.24, 2.45) is 7.05 Å². The van der Waals surface area contributed by atoms with E-state index in [0.717, 1.165) is 11.3 Å². The number of rotatable bonds is 5. The third-order valence-corrected chi connectivity index (χ3v) is 3.59. The zero-order valence-corrected chi connectivity index (χ0v) is 14.0. The predicted molar refractivity (Wildman–Crippen MR) is 89.1 cm³/mol. The number of hydrogen-bond donors (Lipinski definition) is 2. The maximum atomic E-state index is 12.5. The van der Waals surface area contributed by atoms with Gasteiger partial charge in [-0.3, -0.25) is 4.68 Å². The summed E-state index contributed by atoms with van der Waals surface area (Å²) in [4.78, 5) is 0. The van der Waals surface area contributed by atoms with Gasteiger partial charge < -0.3 is 15.4 Å². The third kappa shape index (κ3) is 4.77. The molecule has 0 radical (unpaired) electrons. The molecule has 0 aliphatic rings. The molecule has 2 N–H and O–H groups in total. The van der Waals surface area contributed by atoms with Crippen LogP contribution in [-0.2, 0) is 13.6 Å². The number of alkyl halides is 2. The summed E-state index contributed by atoms with van der Waals surface area (Å²) < 4.78 is 31.1. The predicted octanol–water partition coefficient (Wildman–Crippen LogP) is 3.47. The van der Waals surface area contributed by atoms with Crippen LogP contribution in [-0.4, -0.2) is 21.5 Å². The van der Waals surface area contributed by atoms with Crippen molar-refractivity contribution in [3.05, 3.63) is 40.7 Å². The van der Waals surface area contributed by atoms with Crippen LogP contribution in [0.2, 0.25) is 5.02 Å². The average molecular weight is 361 g/mol. The number of anilines is 1. The van der Waals surface area contributed by atoms with E-state index in [1.54, 1.807) is 30.8 Å². The minimum absolute atomic E-state index is 0.0303. The maximum absolute atomic E-state index is 12.5. The zero-order chi connectivity index (χ0) is 17.0. The maximum Gasteiger partial charge on any atom is 0.387 e. The summed E-state index contributed by atoms with van der Waals surface area (Å²) in [5.41, 5.74) is 1.90. The van der Waals surface area contributed by atoms with Crippen LogP contribution < -0.4 is 15.4 Å². The third-order valence-electron chi connectivity index (χ3n) is 3.03. The Morgan fingerprint density at radius 1 is 1.48 bits per heavy atom. The van der Waals surface area contributed by atoms with Crippen LogP contribution >= 0.6 is 23.8 Å². The van der Waals surface area contributed by atoms with Gasteiger partial charge in [0, 0.05) is 7.05 Å². The molecule has 1 aromatic heterocycles. The fourth-order valence-corrected chi connectivity index (χ4v) is 2.31. The van der Waals surface area contributed by atoms with Gasteiger partial charge in [0.25, 0.3) is 0 Å². The summed E-state index contributed by atoms with van der Waals surface area (Å²) in [6, 6.07) is 4.90. The van der Waals surface area contributed by atoms with Crippen LogP contribution in [0.1, 0.15) is 11.3 Å². The molecule has 0 spiro atoms. The Balaban J connectivity index is 2.02. The standard InChI is InChI=1S/C14H15ClF2N4OS/c1-8-3-4-10(12(5-8)22-13(16)17)20-14(23)18-7-11-9(15)6-19-21(11)2/h3-6,13H,7H2,1-2H3,(H2,18,20,23). The monoisotopic (exact) mass is 360 g/mol. The van der Waals surface area contributed by atoms with E-state index in [0.29, 0.717) is 17.3 Å². The summed E-state index contributed by atoms with van der Waals surface area (Å²) >= 11 is 11.2. The highest BCUT2D eigenvalue weighted by atomic mass is 35.5. The van der Waals surface area contributed by atoms with Crippen molar-refractivity contribution in [3.63, 3.8) is 0 Å². The van der Waals surface area contributed by atoms with Crippen LogP contribution in [0.25, 0.3) is 0 Å². The molecule has 0 aliphatic heterocycles. The van der Waals surface area contributed by atoms with Crippen LogP contribution in [0.15, 0.2) is 24.4 Å². The van der Waals surface area contributed by atoms with E-state index in [2.05, 4.69) is 20.5 Å². The highest BCUT2D eigenvalue weighted by Gasteiger charge is 2.12. The smallest absolute Gasteiger partial charge is 0.387 e.